The zero-order chi connectivity index (χ0) is 20.6. The zero-order valence-electron chi connectivity index (χ0n) is 15.6. The lowest BCUT2D eigenvalue weighted by atomic mass is 10.2. The van der Waals surface area contributed by atoms with E-state index in [2.05, 4.69) is 4.99 Å². The van der Waals surface area contributed by atoms with E-state index in [1.54, 1.807) is 36.1 Å². The second-order valence-electron chi connectivity index (χ2n) is 6.95. The van der Waals surface area contributed by atoms with E-state index in [1.807, 2.05) is 18.2 Å². The number of fused-ring (bicyclic) bond motifs is 1. The van der Waals surface area contributed by atoms with Gasteiger partial charge in [-0.25, -0.2) is 12.8 Å². The maximum absolute atomic E-state index is 13.4. The van der Waals surface area contributed by atoms with Gasteiger partial charge in [-0.2, -0.15) is 4.99 Å². The molecule has 0 bridgehead atoms. The number of amides is 1. The number of nitrogens with zero attached hydrogens (tertiary/aromatic N) is 2. The van der Waals surface area contributed by atoms with Crippen molar-refractivity contribution in [1.29, 1.82) is 0 Å². The van der Waals surface area contributed by atoms with Gasteiger partial charge in [0.2, 0.25) is 0 Å². The van der Waals surface area contributed by atoms with Crippen molar-refractivity contribution in [3.05, 3.63) is 60.4 Å². The van der Waals surface area contributed by atoms with E-state index < -0.39 is 27.7 Å². The SMILES string of the molecule is C[C@H](Oc1ccccc1)C(=O)N=C1S[C@@H]2CS(=O)(=O)C[C@@H]2N1c1ccc(F)cc1. The molecule has 2 saturated heterocycles. The topological polar surface area (TPSA) is 76.0 Å². The van der Waals surface area contributed by atoms with Crippen LogP contribution in [0.1, 0.15) is 6.92 Å². The number of anilines is 1. The Kier molecular flexibility index (Phi) is 5.35. The average molecular weight is 435 g/mol. The minimum Gasteiger partial charge on any atom is -0.481 e. The summed E-state index contributed by atoms with van der Waals surface area (Å²) in [7, 11) is -3.16. The largest absolute Gasteiger partial charge is 0.481 e. The molecule has 9 heteroatoms. The number of rotatable bonds is 4. The summed E-state index contributed by atoms with van der Waals surface area (Å²) in [6.45, 7) is 1.62. The van der Waals surface area contributed by atoms with Crippen molar-refractivity contribution in [3.63, 3.8) is 0 Å². The van der Waals surface area contributed by atoms with Crippen molar-refractivity contribution >= 4 is 38.4 Å². The van der Waals surface area contributed by atoms with Crippen LogP contribution < -0.4 is 9.64 Å². The van der Waals surface area contributed by atoms with E-state index in [-0.39, 0.29) is 22.8 Å². The average Bonchev–Trinajstić information content (AvgIpc) is 3.14. The quantitative estimate of drug-likeness (QED) is 0.737. The first-order valence-electron chi connectivity index (χ1n) is 9.08. The molecule has 0 N–H and O–H groups in total. The third-order valence-corrected chi connectivity index (χ3v) is 7.99. The predicted octanol–water partition coefficient (Wildman–Crippen LogP) is 2.89. The molecular formula is C20H19FN2O4S2. The lowest BCUT2D eigenvalue weighted by Gasteiger charge is -2.24. The summed E-state index contributed by atoms with van der Waals surface area (Å²) in [6.07, 6.45) is -0.801. The van der Waals surface area contributed by atoms with Gasteiger partial charge in [0.05, 0.1) is 17.5 Å². The Morgan fingerprint density at radius 3 is 2.55 bits per heavy atom. The van der Waals surface area contributed by atoms with Crippen LogP contribution in [0.25, 0.3) is 0 Å². The molecule has 0 aliphatic carbocycles. The molecular weight excluding hydrogens is 415 g/mol. The van der Waals surface area contributed by atoms with Gasteiger partial charge in [0.1, 0.15) is 11.6 Å². The molecule has 29 heavy (non-hydrogen) atoms. The minimum atomic E-state index is -3.16. The number of carbonyl (C=O) groups excluding carboxylic acids is 1. The van der Waals surface area contributed by atoms with E-state index in [4.69, 9.17) is 4.74 Å². The van der Waals surface area contributed by atoms with Crippen LogP contribution in [0.15, 0.2) is 59.6 Å². The number of benzene rings is 2. The summed E-state index contributed by atoms with van der Waals surface area (Å²) in [5, 5.41) is 0.192. The van der Waals surface area contributed by atoms with E-state index in [9.17, 15) is 17.6 Å². The molecule has 152 valence electrons. The summed E-state index contributed by atoms with van der Waals surface area (Å²) >= 11 is 1.27. The van der Waals surface area contributed by atoms with Crippen LogP contribution >= 0.6 is 11.8 Å². The van der Waals surface area contributed by atoms with Crippen LogP contribution in [-0.4, -0.2) is 48.4 Å². The Bertz CT molecular complexity index is 1040. The molecule has 2 aliphatic heterocycles. The van der Waals surface area contributed by atoms with Gasteiger partial charge in [0.15, 0.2) is 21.1 Å². The maximum Gasteiger partial charge on any atom is 0.288 e. The monoisotopic (exact) mass is 434 g/mol. The van der Waals surface area contributed by atoms with Crippen molar-refractivity contribution in [2.75, 3.05) is 16.4 Å². The van der Waals surface area contributed by atoms with Gasteiger partial charge in [-0.15, -0.1) is 0 Å². The molecule has 0 spiro atoms. The van der Waals surface area contributed by atoms with Gasteiger partial charge in [0.25, 0.3) is 5.91 Å². The number of halogens is 1. The number of carbonyl (C=O) groups is 1. The van der Waals surface area contributed by atoms with Gasteiger partial charge in [-0.05, 0) is 43.3 Å². The van der Waals surface area contributed by atoms with Gasteiger partial charge >= 0.3 is 0 Å². The number of sulfone groups is 1. The fourth-order valence-corrected chi connectivity index (χ4v) is 7.33. The fraction of sp³-hybridized carbons (Fsp3) is 0.300. The minimum absolute atomic E-state index is 0.0225. The van der Waals surface area contributed by atoms with Crippen LogP contribution in [0, 0.1) is 5.82 Å². The first kappa shape index (κ1) is 19.9. The maximum atomic E-state index is 13.4. The first-order chi connectivity index (χ1) is 13.8. The molecule has 0 unspecified atom stereocenters. The number of ether oxygens (including phenoxy) is 1. The molecule has 0 aromatic heterocycles. The van der Waals surface area contributed by atoms with Crippen LogP contribution in [0.2, 0.25) is 0 Å². The Labute approximate surface area is 172 Å². The smallest absolute Gasteiger partial charge is 0.288 e. The Morgan fingerprint density at radius 1 is 1.17 bits per heavy atom. The number of aliphatic imine (C=N–C) groups is 1. The molecule has 6 nitrogen and oxygen atoms in total. The Morgan fingerprint density at radius 2 is 1.86 bits per heavy atom. The highest BCUT2D eigenvalue weighted by Crippen LogP contribution is 2.41. The third kappa shape index (κ3) is 4.30. The summed E-state index contributed by atoms with van der Waals surface area (Å²) in [5.41, 5.74) is 0.603. The number of thioether (sulfide) groups is 1. The van der Waals surface area contributed by atoms with E-state index in [1.165, 1.54) is 23.9 Å². The van der Waals surface area contributed by atoms with Crippen molar-refractivity contribution in [3.8, 4) is 5.75 Å². The standard InChI is InChI=1S/C20H19FN2O4S2/c1-13(27-16-5-3-2-4-6-16)19(24)22-20-23(15-9-7-14(21)8-10-15)17-11-29(25,26)12-18(17)28-20/h2-10,13,17-18H,11-12H2,1H3/t13-,17-,18+/m0/s1. The number of hydrogen-bond donors (Lipinski definition) is 0. The highest BCUT2D eigenvalue weighted by atomic mass is 32.2. The Hall–Kier alpha value is -2.39. The second kappa shape index (κ2) is 7.79. The highest BCUT2D eigenvalue weighted by molar-refractivity contribution is 8.16. The molecule has 3 atom stereocenters. The van der Waals surface area contributed by atoms with Crippen molar-refractivity contribution in [2.24, 2.45) is 4.99 Å². The molecule has 2 aliphatic rings. The van der Waals surface area contributed by atoms with Gasteiger partial charge in [-0.1, -0.05) is 30.0 Å². The van der Waals surface area contributed by atoms with Crippen LogP contribution in [0.5, 0.6) is 5.75 Å². The molecule has 2 aromatic rings. The lowest BCUT2D eigenvalue weighted by molar-refractivity contribution is -0.123. The predicted molar refractivity (Wildman–Crippen MR) is 112 cm³/mol. The van der Waals surface area contributed by atoms with Gasteiger partial charge in [0, 0.05) is 10.9 Å². The summed E-state index contributed by atoms with van der Waals surface area (Å²) < 4.78 is 43.2. The van der Waals surface area contributed by atoms with Crippen molar-refractivity contribution in [2.45, 2.75) is 24.3 Å². The van der Waals surface area contributed by atoms with E-state index >= 15 is 0 Å². The molecule has 0 radical (unpaired) electrons. The van der Waals surface area contributed by atoms with E-state index in [0.717, 1.165) is 0 Å². The molecule has 1 amide bonds. The molecule has 2 aromatic carbocycles. The third-order valence-electron chi connectivity index (χ3n) is 4.78. The summed E-state index contributed by atoms with van der Waals surface area (Å²) in [6, 6.07) is 14.4. The highest BCUT2D eigenvalue weighted by Gasteiger charge is 2.49. The molecule has 2 heterocycles. The van der Waals surface area contributed by atoms with Crippen molar-refractivity contribution < 1.29 is 22.3 Å². The molecule has 4 rings (SSSR count). The molecule has 2 fully saturated rings. The summed E-state index contributed by atoms with van der Waals surface area (Å²) in [5.74, 6) is -0.290. The number of hydrogen-bond acceptors (Lipinski definition) is 5. The van der Waals surface area contributed by atoms with Gasteiger partial charge < -0.3 is 9.64 Å². The normalized spacial score (nSPS) is 25.0. The zero-order valence-corrected chi connectivity index (χ0v) is 17.2. The summed E-state index contributed by atoms with van der Waals surface area (Å²) in [4.78, 5) is 18.6. The first-order valence-corrected chi connectivity index (χ1v) is 11.8. The van der Waals surface area contributed by atoms with Crippen LogP contribution in [0.4, 0.5) is 10.1 Å². The number of amidine groups is 1. The van der Waals surface area contributed by atoms with Gasteiger partial charge in [-0.3, -0.25) is 4.79 Å². The lowest BCUT2D eigenvalue weighted by Crippen LogP contribution is -2.38. The second-order valence-corrected chi connectivity index (χ2v) is 10.3. The molecule has 0 saturated carbocycles. The van der Waals surface area contributed by atoms with Crippen LogP contribution in [-0.2, 0) is 14.6 Å². The van der Waals surface area contributed by atoms with Crippen molar-refractivity contribution in [1.82, 2.24) is 0 Å². The number of para-hydroxylation sites is 1. The Balaban J connectivity index is 1.60. The fourth-order valence-electron chi connectivity index (χ4n) is 3.41. The van der Waals surface area contributed by atoms with E-state index in [0.29, 0.717) is 16.6 Å². The van der Waals surface area contributed by atoms with Crippen LogP contribution in [0.3, 0.4) is 0 Å².